The molecule has 0 N–H and O–H groups in total. The zero-order valence-corrected chi connectivity index (χ0v) is 23.9. The molecule has 43 heavy (non-hydrogen) atoms. The molecular weight excluding hydrogens is 545 g/mol. The van der Waals surface area contributed by atoms with Gasteiger partial charge >= 0.3 is 0 Å². The van der Waals surface area contributed by atoms with Gasteiger partial charge in [-0.15, -0.1) is 0 Å². The molecule has 0 aliphatic rings. The molecule has 0 radical (unpaired) electrons. The van der Waals surface area contributed by atoms with Crippen molar-refractivity contribution in [2.45, 2.75) is 0 Å². The van der Waals surface area contributed by atoms with E-state index in [0.717, 1.165) is 43.5 Å². The van der Waals surface area contributed by atoms with Crippen LogP contribution in [-0.2, 0) is 0 Å². The van der Waals surface area contributed by atoms with Gasteiger partial charge in [0.2, 0.25) is 0 Å². The summed E-state index contributed by atoms with van der Waals surface area (Å²) in [5.74, 6) is 0. The Morgan fingerprint density at radius 3 is 1.93 bits per heavy atom. The van der Waals surface area contributed by atoms with Crippen LogP contribution >= 0.6 is 11.3 Å². The number of thiazole rings is 1. The molecule has 9 rings (SSSR count). The second kappa shape index (κ2) is 9.51. The number of rotatable bonds is 4. The second-order valence-corrected chi connectivity index (χ2v) is 11.7. The number of aromatic nitrogens is 4. The van der Waals surface area contributed by atoms with E-state index in [1.54, 1.807) is 11.3 Å². The smallest absolute Gasteiger partial charge is 0.195 e. The van der Waals surface area contributed by atoms with E-state index >= 15 is 0 Å². The number of para-hydroxylation sites is 2. The second-order valence-electron chi connectivity index (χ2n) is 10.7. The van der Waals surface area contributed by atoms with E-state index in [9.17, 15) is 0 Å². The van der Waals surface area contributed by atoms with Crippen LogP contribution in [0, 0.1) is 0 Å². The van der Waals surface area contributed by atoms with E-state index in [-0.39, 0.29) is 0 Å². The number of hydrogen-bond acceptors (Lipinski definition) is 3. The molecule has 0 saturated heterocycles. The molecule has 5 aromatic carbocycles. The van der Waals surface area contributed by atoms with Crippen molar-refractivity contribution in [1.82, 2.24) is 19.1 Å². The number of benzene rings is 5. The van der Waals surface area contributed by atoms with Gasteiger partial charge in [0.15, 0.2) is 5.13 Å². The summed E-state index contributed by atoms with van der Waals surface area (Å²) >= 11 is 1.75. The number of nitrogens with zero attached hydrogens (tertiary/aromatic N) is 4. The van der Waals surface area contributed by atoms with Gasteiger partial charge in [-0.2, -0.15) is 0 Å². The molecule has 0 atom stereocenters. The summed E-state index contributed by atoms with van der Waals surface area (Å²) in [7, 11) is 0. The summed E-state index contributed by atoms with van der Waals surface area (Å²) in [5, 5.41) is 5.81. The Balaban J connectivity index is 1.45. The molecule has 0 aliphatic heterocycles. The molecule has 4 aromatic heterocycles. The molecule has 5 heteroatoms. The lowest BCUT2D eigenvalue weighted by atomic mass is 10.1. The molecule has 9 aromatic rings. The Morgan fingerprint density at radius 1 is 0.512 bits per heavy atom. The lowest BCUT2D eigenvalue weighted by Gasteiger charge is -2.08. The third kappa shape index (κ3) is 3.62. The first-order valence-electron chi connectivity index (χ1n) is 14.3. The first-order valence-corrected chi connectivity index (χ1v) is 15.2. The maximum absolute atomic E-state index is 5.42. The number of pyridine rings is 1. The van der Waals surface area contributed by atoms with Crippen molar-refractivity contribution >= 4 is 54.9 Å². The summed E-state index contributed by atoms with van der Waals surface area (Å²) in [5.41, 5.74) is 8.96. The van der Waals surface area contributed by atoms with Crippen LogP contribution in [0.2, 0.25) is 0 Å². The van der Waals surface area contributed by atoms with Crippen molar-refractivity contribution in [2.75, 3.05) is 0 Å². The van der Waals surface area contributed by atoms with Crippen molar-refractivity contribution in [3.05, 3.63) is 146 Å². The fraction of sp³-hybridized carbons (Fsp3) is 0. The van der Waals surface area contributed by atoms with E-state index in [0.29, 0.717) is 0 Å². The zero-order chi connectivity index (χ0) is 28.3. The Morgan fingerprint density at radius 2 is 1.19 bits per heavy atom. The highest BCUT2D eigenvalue weighted by Crippen LogP contribution is 2.45. The van der Waals surface area contributed by atoms with E-state index in [2.05, 4.69) is 142 Å². The third-order valence-electron chi connectivity index (χ3n) is 8.26. The van der Waals surface area contributed by atoms with E-state index in [4.69, 9.17) is 4.98 Å². The van der Waals surface area contributed by atoms with Gasteiger partial charge in [-0.25, -0.2) is 4.98 Å². The predicted octanol–water partition coefficient (Wildman–Crippen LogP) is 10.1. The standard InChI is InChI=1S/C38H24N4S/c1-3-12-25(13-4-1)35-37(26-14-5-2-6-15-26)43-38(40-35)42-31-19-9-7-17-28(31)29-21-22-33-34(36(29)42)30-18-8-10-20-32(30)41(33)27-16-11-23-39-24-27/h1-24H. The van der Waals surface area contributed by atoms with Crippen LogP contribution in [0.25, 0.3) is 76.1 Å². The van der Waals surface area contributed by atoms with Gasteiger partial charge in [-0.3, -0.25) is 9.55 Å². The molecule has 0 unspecified atom stereocenters. The summed E-state index contributed by atoms with van der Waals surface area (Å²) < 4.78 is 4.71. The fourth-order valence-corrected chi connectivity index (χ4v) is 7.57. The van der Waals surface area contributed by atoms with Crippen molar-refractivity contribution in [2.24, 2.45) is 0 Å². The fourth-order valence-electron chi connectivity index (χ4n) is 6.45. The minimum atomic E-state index is 0.953. The van der Waals surface area contributed by atoms with Crippen molar-refractivity contribution in [1.29, 1.82) is 0 Å². The topological polar surface area (TPSA) is 35.6 Å². The number of hydrogen-bond donors (Lipinski definition) is 0. The average Bonchev–Trinajstić information content (AvgIpc) is 3.76. The molecule has 0 aliphatic carbocycles. The SMILES string of the molecule is c1ccc(-c2nc(-n3c4ccccc4c4ccc5c(c6ccccc6n5-c5cccnc5)c43)sc2-c2ccccc2)cc1. The van der Waals surface area contributed by atoms with Crippen LogP contribution in [0.4, 0.5) is 0 Å². The first kappa shape index (κ1) is 24.1. The lowest BCUT2D eigenvalue weighted by molar-refractivity contribution is 1.13. The highest BCUT2D eigenvalue weighted by Gasteiger charge is 2.23. The molecule has 0 bridgehead atoms. The molecule has 4 nitrogen and oxygen atoms in total. The largest absolute Gasteiger partial charge is 0.308 e. The van der Waals surface area contributed by atoms with Crippen LogP contribution in [-0.4, -0.2) is 19.1 Å². The van der Waals surface area contributed by atoms with Gasteiger partial charge in [-0.1, -0.05) is 114 Å². The van der Waals surface area contributed by atoms with Gasteiger partial charge in [-0.05, 0) is 35.9 Å². The van der Waals surface area contributed by atoms with Gasteiger partial charge < -0.3 is 4.57 Å². The normalized spacial score (nSPS) is 11.7. The minimum absolute atomic E-state index is 0.953. The van der Waals surface area contributed by atoms with Crippen LogP contribution in [0.5, 0.6) is 0 Å². The maximum atomic E-state index is 5.42. The Hall–Kier alpha value is -5.52. The first-order chi connectivity index (χ1) is 21.4. The van der Waals surface area contributed by atoms with Crippen LogP contribution in [0.1, 0.15) is 0 Å². The van der Waals surface area contributed by atoms with Crippen molar-refractivity contribution in [3.63, 3.8) is 0 Å². The number of fused-ring (bicyclic) bond motifs is 7. The summed E-state index contributed by atoms with van der Waals surface area (Å²) in [6.07, 6.45) is 3.76. The van der Waals surface area contributed by atoms with Crippen molar-refractivity contribution < 1.29 is 0 Å². The minimum Gasteiger partial charge on any atom is -0.308 e. The van der Waals surface area contributed by atoms with Gasteiger partial charge in [0, 0.05) is 33.3 Å². The summed E-state index contributed by atoms with van der Waals surface area (Å²) in [6, 6.07) is 47.2. The molecule has 4 heterocycles. The molecule has 0 amide bonds. The monoisotopic (exact) mass is 568 g/mol. The molecule has 0 fully saturated rings. The Bertz CT molecular complexity index is 2380. The maximum Gasteiger partial charge on any atom is 0.195 e. The molecule has 0 spiro atoms. The van der Waals surface area contributed by atoms with Gasteiger partial charge in [0.05, 0.1) is 44.5 Å². The van der Waals surface area contributed by atoms with E-state index in [1.807, 2.05) is 18.5 Å². The van der Waals surface area contributed by atoms with Crippen LogP contribution in [0.15, 0.2) is 146 Å². The lowest BCUT2D eigenvalue weighted by Crippen LogP contribution is -1.95. The van der Waals surface area contributed by atoms with E-state index in [1.165, 1.54) is 32.6 Å². The molecule has 0 saturated carbocycles. The molecule has 202 valence electrons. The Labute approximate surface area is 251 Å². The zero-order valence-electron chi connectivity index (χ0n) is 23.1. The summed E-state index contributed by atoms with van der Waals surface area (Å²) in [4.78, 5) is 11.0. The van der Waals surface area contributed by atoms with Crippen LogP contribution < -0.4 is 0 Å². The molecular formula is C38H24N4S. The van der Waals surface area contributed by atoms with Gasteiger partial charge in [0.1, 0.15) is 0 Å². The predicted molar refractivity (Wildman–Crippen MR) is 179 cm³/mol. The highest BCUT2D eigenvalue weighted by atomic mass is 32.1. The van der Waals surface area contributed by atoms with Gasteiger partial charge in [0.25, 0.3) is 0 Å². The van der Waals surface area contributed by atoms with Crippen molar-refractivity contribution in [3.8, 4) is 32.5 Å². The van der Waals surface area contributed by atoms with E-state index < -0.39 is 0 Å². The van der Waals surface area contributed by atoms with Crippen LogP contribution in [0.3, 0.4) is 0 Å². The average molecular weight is 569 g/mol. The quantitative estimate of drug-likeness (QED) is 0.212. The summed E-state index contributed by atoms with van der Waals surface area (Å²) in [6.45, 7) is 0. The third-order valence-corrected chi connectivity index (χ3v) is 9.35. The highest BCUT2D eigenvalue weighted by molar-refractivity contribution is 7.18. The Kier molecular flexibility index (Phi) is 5.33.